The van der Waals surface area contributed by atoms with E-state index < -0.39 is 5.41 Å². The lowest BCUT2D eigenvalue weighted by molar-refractivity contribution is -0.759. The van der Waals surface area contributed by atoms with E-state index in [1.807, 2.05) is 25.8 Å². The van der Waals surface area contributed by atoms with E-state index in [0.717, 1.165) is 0 Å². The Hall–Kier alpha value is -1.96. The maximum Gasteiger partial charge on any atom is 0.324 e. The first-order chi connectivity index (χ1) is 10.4. The molecule has 0 saturated carbocycles. The summed E-state index contributed by atoms with van der Waals surface area (Å²) in [4.78, 5) is 17.1. The van der Waals surface area contributed by atoms with Gasteiger partial charge in [0.05, 0.1) is 31.1 Å². The average molecular weight is 310 g/mol. The lowest BCUT2D eigenvalue weighted by atomic mass is 9.88. The molecule has 0 N–H and O–H groups in total. The number of ether oxygens (including phenoxy) is 1. The normalized spacial score (nSPS) is 16.9. The number of carbonyl (C=O) groups excluding carboxylic acids is 1. The van der Waals surface area contributed by atoms with Gasteiger partial charge in [0.1, 0.15) is 5.78 Å². The predicted octanol–water partition coefficient (Wildman–Crippen LogP) is -0.284. The molecule has 122 valence electrons. The zero-order valence-corrected chi connectivity index (χ0v) is 13.2. The number of Topliss-reactive ketones (excluding diaryl/α,β-unsaturated/α-hetero) is 1. The van der Waals surface area contributed by atoms with Gasteiger partial charge in [0, 0.05) is 11.8 Å². The highest BCUT2D eigenvalue weighted by Crippen LogP contribution is 2.18. The second-order valence-corrected chi connectivity index (χ2v) is 6.21. The molecule has 2 rings (SSSR count). The third-order valence-electron chi connectivity index (χ3n) is 3.36. The fourth-order valence-electron chi connectivity index (χ4n) is 1.95. The molecule has 8 nitrogen and oxygen atoms in total. The fourth-order valence-corrected chi connectivity index (χ4v) is 1.95. The monoisotopic (exact) mass is 310 g/mol. The molecule has 1 aromatic heterocycles. The number of ketones is 1. The third kappa shape index (κ3) is 4.52. The summed E-state index contributed by atoms with van der Waals surface area (Å²) in [6.45, 7) is 8.14. The maximum absolute atomic E-state index is 11.8. The van der Waals surface area contributed by atoms with Gasteiger partial charge in [-0.05, 0) is 12.3 Å². The number of hydrogen-bond donors (Lipinski definition) is 0. The first-order valence-corrected chi connectivity index (χ1v) is 7.36. The van der Waals surface area contributed by atoms with E-state index >= 15 is 0 Å². The summed E-state index contributed by atoms with van der Waals surface area (Å²) in [6.07, 6.45) is 1.81. The first-order valence-electron chi connectivity index (χ1n) is 7.36. The van der Waals surface area contributed by atoms with Crippen molar-refractivity contribution in [3.8, 4) is 0 Å². The number of aliphatic imine (C=N–C) groups is 1. The van der Waals surface area contributed by atoms with Crippen LogP contribution in [0, 0.1) is 5.41 Å². The van der Waals surface area contributed by atoms with Crippen LogP contribution in [0.15, 0.2) is 15.7 Å². The molecule has 22 heavy (non-hydrogen) atoms. The molecular formula is C14H22N4O4. The van der Waals surface area contributed by atoms with Crippen molar-refractivity contribution in [1.82, 2.24) is 5.27 Å². The number of nitrogens with zero attached hydrogens (tertiary/aromatic N) is 4. The Morgan fingerprint density at radius 1 is 1.41 bits per heavy atom. The molecule has 0 aliphatic carbocycles. The van der Waals surface area contributed by atoms with Crippen molar-refractivity contribution >= 4 is 17.6 Å². The van der Waals surface area contributed by atoms with E-state index in [-0.39, 0.29) is 30.4 Å². The van der Waals surface area contributed by atoms with Gasteiger partial charge in [0.2, 0.25) is 5.27 Å². The summed E-state index contributed by atoms with van der Waals surface area (Å²) in [6, 6.07) is 0. The standard InChI is InChI=1S/C14H22N4O4/c1-14(2,3)11(19)4-5-12(20)15-13-10-18(16-22-13)17-6-8-21-9-7-17/h10H,4-9H2,1-3H3. The van der Waals surface area contributed by atoms with Crippen LogP contribution in [0.25, 0.3) is 0 Å². The van der Waals surface area contributed by atoms with Crippen molar-refractivity contribution in [1.29, 1.82) is 0 Å². The van der Waals surface area contributed by atoms with Crippen LogP contribution in [-0.4, -0.2) is 43.3 Å². The van der Waals surface area contributed by atoms with Crippen LogP contribution < -0.4 is 14.9 Å². The van der Waals surface area contributed by atoms with Gasteiger partial charge >= 0.3 is 5.88 Å². The van der Waals surface area contributed by atoms with E-state index in [1.165, 1.54) is 4.79 Å². The zero-order valence-electron chi connectivity index (χ0n) is 13.2. The van der Waals surface area contributed by atoms with Crippen molar-refractivity contribution in [2.24, 2.45) is 10.4 Å². The summed E-state index contributed by atoms with van der Waals surface area (Å²) < 4.78 is 10.3. The van der Waals surface area contributed by atoms with E-state index in [2.05, 4.69) is 10.3 Å². The summed E-state index contributed by atoms with van der Waals surface area (Å²) >= 11 is 0. The molecule has 1 saturated heterocycles. The van der Waals surface area contributed by atoms with Gasteiger partial charge in [-0.15, -0.1) is 5.01 Å². The van der Waals surface area contributed by atoms with E-state index in [1.54, 1.807) is 6.20 Å². The molecule has 1 aromatic rings. The number of morpholine rings is 1. The minimum absolute atomic E-state index is 0.0389. The Morgan fingerprint density at radius 2 is 2.09 bits per heavy atom. The van der Waals surface area contributed by atoms with Crippen molar-refractivity contribution in [3.63, 3.8) is 0 Å². The summed E-state index contributed by atoms with van der Waals surface area (Å²) in [7, 11) is 0. The Labute approximate surface area is 129 Å². The lowest BCUT2D eigenvalue weighted by Crippen LogP contribution is -2.62. The molecular weight excluding hydrogens is 288 g/mol. The molecule has 0 aromatic carbocycles. The van der Waals surface area contributed by atoms with Crippen LogP contribution in [0.5, 0.6) is 0 Å². The van der Waals surface area contributed by atoms with Crippen molar-refractivity contribution in [2.45, 2.75) is 33.6 Å². The van der Waals surface area contributed by atoms with Crippen LogP contribution in [0.4, 0.5) is 5.88 Å². The molecule has 2 heterocycles. The Kier molecular flexibility index (Phi) is 5.12. The van der Waals surface area contributed by atoms with Gasteiger partial charge in [-0.3, -0.25) is 9.32 Å². The van der Waals surface area contributed by atoms with Crippen LogP contribution >= 0.6 is 0 Å². The fraction of sp³-hybridized carbons (Fsp3) is 0.714. The zero-order chi connectivity index (χ0) is 16.2. The Bertz CT molecular complexity index is 541. The van der Waals surface area contributed by atoms with Gasteiger partial charge in [-0.1, -0.05) is 20.8 Å². The second kappa shape index (κ2) is 6.87. The quantitative estimate of drug-likeness (QED) is 0.421. The van der Waals surface area contributed by atoms with Crippen LogP contribution in [-0.2, 0) is 9.53 Å². The number of hydrogen-bond acceptors (Lipinski definition) is 7. The number of rotatable bonds is 5. The lowest BCUT2D eigenvalue weighted by Gasteiger charge is -2.18. The third-order valence-corrected chi connectivity index (χ3v) is 3.36. The van der Waals surface area contributed by atoms with Crippen LogP contribution in [0.3, 0.4) is 0 Å². The second-order valence-electron chi connectivity index (χ2n) is 6.21. The summed E-state index contributed by atoms with van der Waals surface area (Å²) in [5.74, 6) is -0.209. The van der Waals surface area contributed by atoms with Crippen molar-refractivity contribution < 1.29 is 24.0 Å². The molecule has 1 aliphatic rings. The number of aromatic nitrogens is 2. The molecule has 0 amide bonds. The predicted molar refractivity (Wildman–Crippen MR) is 76.3 cm³/mol. The van der Waals surface area contributed by atoms with Gasteiger partial charge in [0.25, 0.3) is 6.20 Å². The molecule has 8 heteroatoms. The Morgan fingerprint density at radius 3 is 2.73 bits per heavy atom. The van der Waals surface area contributed by atoms with Crippen LogP contribution in [0.2, 0.25) is 0 Å². The van der Waals surface area contributed by atoms with E-state index in [0.29, 0.717) is 26.3 Å². The van der Waals surface area contributed by atoms with Gasteiger partial charge in [-0.2, -0.15) is 0 Å². The van der Waals surface area contributed by atoms with Gasteiger partial charge in [-0.25, -0.2) is 4.99 Å². The first kappa shape index (κ1) is 16.4. The number of carbonyl (C=O) groups is 1. The maximum atomic E-state index is 11.8. The molecule has 1 aliphatic heterocycles. The summed E-state index contributed by atoms with van der Waals surface area (Å²) in [5.41, 5.74) is -0.439. The highest BCUT2D eigenvalue weighted by Gasteiger charge is 2.23. The SMILES string of the molecule is CC(C)(C)C(=O)CC/C([O-])=N/c1c[n+](N2CCOCC2)no1. The minimum Gasteiger partial charge on any atom is -0.862 e. The van der Waals surface area contributed by atoms with Crippen LogP contribution in [0.1, 0.15) is 33.6 Å². The smallest absolute Gasteiger partial charge is 0.324 e. The topological polar surface area (TPSA) is 94.9 Å². The molecule has 0 unspecified atom stereocenters. The van der Waals surface area contributed by atoms with Crippen molar-refractivity contribution in [2.75, 3.05) is 31.3 Å². The van der Waals surface area contributed by atoms with Gasteiger partial charge in [0.15, 0.2) is 0 Å². The van der Waals surface area contributed by atoms with Gasteiger partial charge < -0.3 is 9.84 Å². The summed E-state index contributed by atoms with van der Waals surface area (Å²) in [5, 5.41) is 17.5. The highest BCUT2D eigenvalue weighted by molar-refractivity contribution is 5.87. The van der Waals surface area contributed by atoms with E-state index in [4.69, 9.17) is 9.26 Å². The minimum atomic E-state index is -0.439. The molecule has 0 bridgehead atoms. The van der Waals surface area contributed by atoms with Crippen molar-refractivity contribution in [3.05, 3.63) is 6.20 Å². The molecule has 0 spiro atoms. The van der Waals surface area contributed by atoms with E-state index in [9.17, 15) is 9.90 Å². The molecule has 0 radical (unpaired) electrons. The largest absolute Gasteiger partial charge is 0.862 e. The molecule has 0 atom stereocenters. The average Bonchev–Trinajstić information content (AvgIpc) is 2.93. The Balaban J connectivity index is 1.91. The highest BCUT2D eigenvalue weighted by atomic mass is 16.5. The molecule has 1 fully saturated rings.